The lowest BCUT2D eigenvalue weighted by molar-refractivity contribution is -0.388. The van der Waals surface area contributed by atoms with Gasteiger partial charge in [0.1, 0.15) is 0 Å². The second kappa shape index (κ2) is 6.71. The third-order valence-electron chi connectivity index (χ3n) is 1.99. The minimum atomic E-state index is -0.408. The molecule has 1 aromatic rings. The van der Waals surface area contributed by atoms with E-state index in [0.29, 0.717) is 23.1 Å². The molecule has 0 saturated carbocycles. The van der Waals surface area contributed by atoms with Crippen LogP contribution in [0, 0.1) is 10.1 Å². The lowest BCUT2D eigenvalue weighted by Crippen LogP contribution is -2.02. The Hall–Kier alpha value is -0.940. The molecule has 94 valence electrons. The summed E-state index contributed by atoms with van der Waals surface area (Å²) in [4.78, 5) is 11.2. The topological polar surface area (TPSA) is 52.4 Å². The second-order valence-corrected chi connectivity index (χ2v) is 5.16. The fourth-order valence-corrected chi connectivity index (χ4v) is 2.43. The first-order chi connectivity index (χ1) is 8.10. The molecular weight excluding hydrogens is 262 g/mol. The van der Waals surface area contributed by atoms with Crippen LogP contribution >= 0.6 is 23.4 Å². The van der Waals surface area contributed by atoms with Crippen LogP contribution in [0.3, 0.4) is 0 Å². The average Bonchev–Trinajstić information content (AvgIpc) is 2.29. The summed E-state index contributed by atoms with van der Waals surface area (Å²) < 4.78 is 5.27. The molecule has 0 aliphatic rings. The van der Waals surface area contributed by atoms with Gasteiger partial charge in [0.05, 0.1) is 16.4 Å². The van der Waals surface area contributed by atoms with E-state index in [1.54, 1.807) is 25.1 Å². The van der Waals surface area contributed by atoms with Gasteiger partial charge in [-0.1, -0.05) is 13.0 Å². The van der Waals surface area contributed by atoms with Gasteiger partial charge in [-0.25, -0.2) is 0 Å². The summed E-state index contributed by atoms with van der Waals surface area (Å²) in [6, 6.07) is 5.08. The molecule has 1 aromatic carbocycles. The van der Waals surface area contributed by atoms with Crippen molar-refractivity contribution in [2.45, 2.75) is 24.0 Å². The zero-order valence-electron chi connectivity index (χ0n) is 9.68. The fourth-order valence-electron chi connectivity index (χ4n) is 1.30. The van der Waals surface area contributed by atoms with Gasteiger partial charge in [-0.15, -0.1) is 23.4 Å². The van der Waals surface area contributed by atoms with Gasteiger partial charge in [0.2, 0.25) is 0 Å². The quantitative estimate of drug-likeness (QED) is 0.344. The van der Waals surface area contributed by atoms with Crippen LogP contribution in [0.15, 0.2) is 23.1 Å². The molecule has 0 heterocycles. The Bertz CT molecular complexity index is 400. The van der Waals surface area contributed by atoms with E-state index in [9.17, 15) is 10.1 Å². The number of hydrogen-bond donors (Lipinski definition) is 0. The van der Waals surface area contributed by atoms with E-state index in [2.05, 4.69) is 0 Å². The number of benzene rings is 1. The fraction of sp³-hybridized carbons (Fsp3) is 0.455. The van der Waals surface area contributed by atoms with Gasteiger partial charge >= 0.3 is 5.69 Å². The number of rotatable bonds is 6. The van der Waals surface area contributed by atoms with Crippen molar-refractivity contribution in [3.05, 3.63) is 28.3 Å². The monoisotopic (exact) mass is 275 g/mol. The summed E-state index contributed by atoms with van der Waals surface area (Å²) >= 11 is 7.10. The molecule has 1 unspecified atom stereocenters. The molecule has 1 rings (SSSR count). The maximum Gasteiger partial charge on any atom is 0.324 e. The number of ether oxygens (including phenoxy) is 1. The first-order valence-electron chi connectivity index (χ1n) is 5.23. The number of alkyl halides is 1. The van der Waals surface area contributed by atoms with Crippen LogP contribution < -0.4 is 4.74 Å². The SMILES string of the molecule is CCOc1cccc(SC(C)CCl)c1[N+](=O)[O-]. The van der Waals surface area contributed by atoms with Crippen molar-refractivity contribution < 1.29 is 9.66 Å². The minimum Gasteiger partial charge on any atom is -0.487 e. The van der Waals surface area contributed by atoms with E-state index in [-0.39, 0.29) is 10.9 Å². The number of thioether (sulfide) groups is 1. The molecule has 0 amide bonds. The third-order valence-corrected chi connectivity index (χ3v) is 3.79. The molecule has 0 aromatic heterocycles. The molecule has 1 atom stereocenters. The maximum atomic E-state index is 11.1. The van der Waals surface area contributed by atoms with Crippen LogP contribution in [-0.2, 0) is 0 Å². The molecular formula is C11H14ClNO3S. The van der Waals surface area contributed by atoms with Gasteiger partial charge in [-0.2, -0.15) is 0 Å². The number of hydrogen-bond acceptors (Lipinski definition) is 4. The summed E-state index contributed by atoms with van der Waals surface area (Å²) in [5.74, 6) is 0.755. The Balaban J connectivity index is 3.10. The number of nitro groups is 1. The Morgan fingerprint density at radius 2 is 2.29 bits per heavy atom. The number of nitrogens with zero attached hydrogens (tertiary/aromatic N) is 1. The molecule has 0 aliphatic carbocycles. The maximum absolute atomic E-state index is 11.1. The first kappa shape index (κ1) is 14.1. The highest BCUT2D eigenvalue weighted by Crippen LogP contribution is 2.38. The summed E-state index contributed by atoms with van der Waals surface area (Å²) in [6.45, 7) is 4.12. The zero-order valence-corrected chi connectivity index (χ0v) is 11.3. The number of para-hydroxylation sites is 1. The predicted octanol–water partition coefficient (Wildman–Crippen LogP) is 3.71. The number of nitro benzene ring substituents is 1. The summed E-state index contributed by atoms with van der Waals surface area (Å²) in [6.07, 6.45) is 0. The van der Waals surface area contributed by atoms with E-state index in [1.165, 1.54) is 11.8 Å². The van der Waals surface area contributed by atoms with Gasteiger partial charge in [0.15, 0.2) is 5.75 Å². The lowest BCUT2D eigenvalue weighted by atomic mass is 10.3. The van der Waals surface area contributed by atoms with Gasteiger partial charge in [0, 0.05) is 11.1 Å². The third kappa shape index (κ3) is 3.78. The highest BCUT2D eigenvalue weighted by molar-refractivity contribution is 8.00. The van der Waals surface area contributed by atoms with Crippen molar-refractivity contribution >= 4 is 29.1 Å². The van der Waals surface area contributed by atoms with Crippen molar-refractivity contribution in [2.24, 2.45) is 0 Å². The van der Waals surface area contributed by atoms with Gasteiger partial charge < -0.3 is 4.74 Å². The molecule has 4 nitrogen and oxygen atoms in total. The van der Waals surface area contributed by atoms with Crippen molar-refractivity contribution in [3.63, 3.8) is 0 Å². The van der Waals surface area contributed by atoms with Crippen molar-refractivity contribution in [3.8, 4) is 5.75 Å². The lowest BCUT2D eigenvalue weighted by Gasteiger charge is -2.10. The highest BCUT2D eigenvalue weighted by atomic mass is 35.5. The Kier molecular flexibility index (Phi) is 5.58. The molecule has 6 heteroatoms. The molecule has 0 saturated heterocycles. The molecule has 0 fully saturated rings. The van der Waals surface area contributed by atoms with Crippen LogP contribution in [0.4, 0.5) is 5.69 Å². The van der Waals surface area contributed by atoms with Crippen LogP contribution in [0.1, 0.15) is 13.8 Å². The van der Waals surface area contributed by atoms with Gasteiger partial charge in [-0.05, 0) is 19.1 Å². The highest BCUT2D eigenvalue weighted by Gasteiger charge is 2.22. The smallest absolute Gasteiger partial charge is 0.324 e. The largest absolute Gasteiger partial charge is 0.487 e. The predicted molar refractivity (Wildman–Crippen MR) is 70.3 cm³/mol. The summed E-state index contributed by atoms with van der Waals surface area (Å²) in [5.41, 5.74) is 0.0244. The van der Waals surface area contributed by atoms with E-state index >= 15 is 0 Å². The van der Waals surface area contributed by atoms with Gasteiger partial charge in [-0.3, -0.25) is 10.1 Å². The summed E-state index contributed by atoms with van der Waals surface area (Å²) in [5, 5.41) is 11.2. The number of halogens is 1. The first-order valence-corrected chi connectivity index (χ1v) is 6.64. The molecule has 0 bridgehead atoms. The Morgan fingerprint density at radius 1 is 1.59 bits per heavy atom. The second-order valence-electron chi connectivity index (χ2n) is 3.38. The average molecular weight is 276 g/mol. The molecule has 0 N–H and O–H groups in total. The van der Waals surface area contributed by atoms with E-state index in [1.807, 2.05) is 6.92 Å². The van der Waals surface area contributed by atoms with E-state index in [4.69, 9.17) is 16.3 Å². The standard InChI is InChI=1S/C11H14ClNO3S/c1-3-16-9-5-4-6-10(11(9)13(14)15)17-8(2)7-12/h4-6,8H,3,7H2,1-2H3. The van der Waals surface area contributed by atoms with E-state index in [0.717, 1.165) is 0 Å². The molecule has 17 heavy (non-hydrogen) atoms. The van der Waals surface area contributed by atoms with Crippen molar-refractivity contribution in [1.82, 2.24) is 0 Å². The van der Waals surface area contributed by atoms with Crippen LogP contribution in [0.2, 0.25) is 0 Å². The van der Waals surface area contributed by atoms with Crippen molar-refractivity contribution in [1.29, 1.82) is 0 Å². The molecule has 0 aliphatic heterocycles. The molecule has 0 spiro atoms. The Morgan fingerprint density at radius 3 is 2.82 bits per heavy atom. The minimum absolute atomic E-state index is 0.0244. The Labute approximate surface area is 109 Å². The van der Waals surface area contributed by atoms with Crippen LogP contribution in [0.5, 0.6) is 5.75 Å². The summed E-state index contributed by atoms with van der Waals surface area (Å²) in [7, 11) is 0. The van der Waals surface area contributed by atoms with E-state index < -0.39 is 4.92 Å². The van der Waals surface area contributed by atoms with Crippen molar-refractivity contribution in [2.75, 3.05) is 12.5 Å². The van der Waals surface area contributed by atoms with Crippen LogP contribution in [0.25, 0.3) is 0 Å². The normalized spacial score (nSPS) is 12.2. The van der Waals surface area contributed by atoms with Gasteiger partial charge in [0.25, 0.3) is 0 Å². The van der Waals surface area contributed by atoms with Crippen LogP contribution in [-0.4, -0.2) is 22.7 Å². The molecule has 0 radical (unpaired) electrons. The zero-order chi connectivity index (χ0) is 12.8.